The first-order valence-corrected chi connectivity index (χ1v) is 3.51. The molecule has 0 amide bonds. The van der Waals surface area contributed by atoms with Crippen molar-refractivity contribution in [3.05, 3.63) is 0 Å². The van der Waals surface area contributed by atoms with E-state index >= 15 is 0 Å². The first kappa shape index (κ1) is 9.05. The normalized spacial score (nSPS) is 12.8. The van der Waals surface area contributed by atoms with Gasteiger partial charge in [-0.05, 0) is 0 Å². The number of esters is 1. The maximum absolute atomic E-state index is 10.2. The predicted octanol–water partition coefficient (Wildman–Crippen LogP) is 1.74. The SMILES string of the molecule is CC(=O)OC(Cl)CCCl. The molecule has 0 spiro atoms. The lowest BCUT2D eigenvalue weighted by Crippen LogP contribution is -2.09. The van der Waals surface area contributed by atoms with Gasteiger partial charge < -0.3 is 4.74 Å². The number of alkyl halides is 2. The van der Waals surface area contributed by atoms with Crippen LogP contribution in [0.25, 0.3) is 0 Å². The Morgan fingerprint density at radius 3 is 2.67 bits per heavy atom. The Morgan fingerprint density at radius 2 is 2.33 bits per heavy atom. The highest BCUT2D eigenvalue weighted by atomic mass is 35.5. The van der Waals surface area contributed by atoms with Crippen LogP contribution in [0.3, 0.4) is 0 Å². The van der Waals surface area contributed by atoms with E-state index in [0.29, 0.717) is 12.3 Å². The van der Waals surface area contributed by atoms with E-state index in [1.807, 2.05) is 0 Å². The Kier molecular flexibility index (Phi) is 4.91. The van der Waals surface area contributed by atoms with Crippen molar-refractivity contribution in [3.8, 4) is 0 Å². The van der Waals surface area contributed by atoms with E-state index in [1.165, 1.54) is 6.92 Å². The first-order chi connectivity index (χ1) is 4.16. The fourth-order valence-corrected chi connectivity index (χ4v) is 0.869. The lowest BCUT2D eigenvalue weighted by atomic mass is 10.5. The van der Waals surface area contributed by atoms with E-state index in [2.05, 4.69) is 4.74 Å². The Morgan fingerprint density at radius 1 is 1.78 bits per heavy atom. The van der Waals surface area contributed by atoms with Gasteiger partial charge in [-0.2, -0.15) is 0 Å². The second kappa shape index (κ2) is 4.89. The van der Waals surface area contributed by atoms with Crippen molar-refractivity contribution < 1.29 is 9.53 Å². The van der Waals surface area contributed by atoms with Crippen LogP contribution in [0, 0.1) is 0 Å². The minimum atomic E-state index is -0.569. The van der Waals surface area contributed by atoms with Crippen LogP contribution in [0.15, 0.2) is 0 Å². The third-order valence-electron chi connectivity index (χ3n) is 0.630. The van der Waals surface area contributed by atoms with Crippen LogP contribution in [0.2, 0.25) is 0 Å². The fourth-order valence-electron chi connectivity index (χ4n) is 0.325. The summed E-state index contributed by atoms with van der Waals surface area (Å²) in [5.41, 5.74) is -0.569. The minimum absolute atomic E-state index is 0.375. The largest absolute Gasteiger partial charge is 0.446 e. The smallest absolute Gasteiger partial charge is 0.304 e. The van der Waals surface area contributed by atoms with Gasteiger partial charge in [-0.15, -0.1) is 11.6 Å². The number of carbonyl (C=O) groups excluding carboxylic acids is 1. The van der Waals surface area contributed by atoms with Gasteiger partial charge in [0.25, 0.3) is 0 Å². The molecule has 0 rings (SSSR count). The van der Waals surface area contributed by atoms with E-state index in [1.54, 1.807) is 0 Å². The second-order valence-electron chi connectivity index (χ2n) is 1.50. The van der Waals surface area contributed by atoms with Crippen molar-refractivity contribution in [1.82, 2.24) is 0 Å². The summed E-state index contributed by atoms with van der Waals surface area (Å²) in [6.45, 7) is 1.31. The Balaban J connectivity index is 3.26. The van der Waals surface area contributed by atoms with Gasteiger partial charge in [0.2, 0.25) is 0 Å². The van der Waals surface area contributed by atoms with Crippen molar-refractivity contribution in [2.75, 3.05) is 5.88 Å². The first-order valence-electron chi connectivity index (χ1n) is 2.54. The number of halogens is 2. The summed E-state index contributed by atoms with van der Waals surface area (Å²) in [4.78, 5) is 10.2. The molecule has 0 aliphatic rings. The minimum Gasteiger partial charge on any atom is -0.446 e. The molecule has 1 unspecified atom stereocenters. The van der Waals surface area contributed by atoms with Crippen LogP contribution in [-0.4, -0.2) is 17.4 Å². The van der Waals surface area contributed by atoms with Crippen LogP contribution in [0.1, 0.15) is 13.3 Å². The number of carbonyl (C=O) groups is 1. The molecule has 54 valence electrons. The van der Waals surface area contributed by atoms with Gasteiger partial charge in [0.1, 0.15) is 0 Å². The molecule has 0 aromatic rings. The van der Waals surface area contributed by atoms with E-state index in [0.717, 1.165) is 0 Å². The molecular formula is C5H8Cl2O2. The predicted molar refractivity (Wildman–Crippen MR) is 36.7 cm³/mol. The molecule has 1 atom stereocenters. The van der Waals surface area contributed by atoms with Gasteiger partial charge in [-0.3, -0.25) is 4.79 Å². The van der Waals surface area contributed by atoms with Crippen LogP contribution in [-0.2, 0) is 9.53 Å². The summed E-state index contributed by atoms with van der Waals surface area (Å²) in [6.07, 6.45) is 0.489. The molecule has 9 heavy (non-hydrogen) atoms. The quantitative estimate of drug-likeness (QED) is 0.477. The van der Waals surface area contributed by atoms with E-state index in [4.69, 9.17) is 23.2 Å². The molecule has 0 aliphatic heterocycles. The van der Waals surface area contributed by atoms with Crippen molar-refractivity contribution in [2.24, 2.45) is 0 Å². The van der Waals surface area contributed by atoms with Gasteiger partial charge >= 0.3 is 5.97 Å². The van der Waals surface area contributed by atoms with Gasteiger partial charge in [0.05, 0.1) is 0 Å². The van der Waals surface area contributed by atoms with Crippen molar-refractivity contribution in [3.63, 3.8) is 0 Å². The zero-order chi connectivity index (χ0) is 7.28. The second-order valence-corrected chi connectivity index (χ2v) is 2.36. The van der Waals surface area contributed by atoms with Crippen LogP contribution in [0.4, 0.5) is 0 Å². The molecule has 0 saturated heterocycles. The van der Waals surface area contributed by atoms with Crippen molar-refractivity contribution >= 4 is 29.2 Å². The highest BCUT2D eigenvalue weighted by Crippen LogP contribution is 2.04. The average molecular weight is 171 g/mol. The van der Waals surface area contributed by atoms with E-state index in [-0.39, 0.29) is 5.97 Å². The maximum atomic E-state index is 10.2. The molecule has 0 radical (unpaired) electrons. The molecule has 4 heteroatoms. The third kappa shape index (κ3) is 5.93. The zero-order valence-corrected chi connectivity index (χ0v) is 6.58. The third-order valence-corrected chi connectivity index (χ3v) is 1.16. The summed E-state index contributed by atoms with van der Waals surface area (Å²) >= 11 is 10.8. The maximum Gasteiger partial charge on any atom is 0.304 e. The number of rotatable bonds is 3. The van der Waals surface area contributed by atoms with Crippen molar-refractivity contribution in [1.29, 1.82) is 0 Å². The van der Waals surface area contributed by atoms with E-state index in [9.17, 15) is 4.79 Å². The highest BCUT2D eigenvalue weighted by molar-refractivity contribution is 6.21. The van der Waals surface area contributed by atoms with Gasteiger partial charge in [-0.1, -0.05) is 11.6 Å². The number of hydrogen-bond acceptors (Lipinski definition) is 2. The average Bonchev–Trinajstić information content (AvgIpc) is 1.63. The Hall–Kier alpha value is 0.0500. The topological polar surface area (TPSA) is 26.3 Å². The van der Waals surface area contributed by atoms with Gasteiger partial charge in [0.15, 0.2) is 5.56 Å². The molecule has 0 fully saturated rings. The summed E-state index contributed by atoms with van der Waals surface area (Å²) in [5.74, 6) is 0.0293. The van der Waals surface area contributed by atoms with Gasteiger partial charge in [-0.25, -0.2) is 0 Å². The summed E-state index contributed by atoms with van der Waals surface area (Å²) in [7, 11) is 0. The monoisotopic (exact) mass is 170 g/mol. The lowest BCUT2D eigenvalue weighted by molar-refractivity contribution is -0.142. The molecule has 0 aromatic heterocycles. The molecule has 0 N–H and O–H groups in total. The van der Waals surface area contributed by atoms with Crippen LogP contribution < -0.4 is 0 Å². The molecule has 0 saturated carbocycles. The zero-order valence-electron chi connectivity index (χ0n) is 5.06. The van der Waals surface area contributed by atoms with Crippen molar-refractivity contribution in [2.45, 2.75) is 18.9 Å². The highest BCUT2D eigenvalue weighted by Gasteiger charge is 2.04. The molecule has 0 aromatic carbocycles. The van der Waals surface area contributed by atoms with E-state index < -0.39 is 5.56 Å². The summed E-state index contributed by atoms with van der Waals surface area (Å²) in [6, 6.07) is 0. The van der Waals surface area contributed by atoms with Gasteiger partial charge in [0, 0.05) is 19.2 Å². The standard InChI is InChI=1S/C5H8Cl2O2/c1-4(8)9-5(7)2-3-6/h5H,2-3H2,1H3. The molecular weight excluding hydrogens is 163 g/mol. The summed E-state index contributed by atoms with van der Waals surface area (Å²) in [5, 5.41) is 0. The molecule has 0 aliphatic carbocycles. The lowest BCUT2D eigenvalue weighted by Gasteiger charge is -2.05. The van der Waals surface area contributed by atoms with Crippen LogP contribution in [0.5, 0.6) is 0 Å². The molecule has 0 heterocycles. The molecule has 2 nitrogen and oxygen atoms in total. The van der Waals surface area contributed by atoms with Crippen LogP contribution >= 0.6 is 23.2 Å². The summed E-state index contributed by atoms with van der Waals surface area (Å²) < 4.78 is 4.53. The number of ether oxygens (including phenoxy) is 1. The Labute approximate surface area is 64.1 Å². The number of hydrogen-bond donors (Lipinski definition) is 0. The molecule has 0 bridgehead atoms. The Bertz CT molecular complexity index is 95.0. The fraction of sp³-hybridized carbons (Fsp3) is 0.800.